The van der Waals surface area contributed by atoms with E-state index in [-0.39, 0.29) is 0 Å². The molecule has 0 aliphatic carbocycles. The van der Waals surface area contributed by atoms with Crippen LogP contribution in [0.15, 0.2) is 78.9 Å². The summed E-state index contributed by atoms with van der Waals surface area (Å²) in [7, 11) is 0. The van der Waals surface area contributed by atoms with Gasteiger partial charge in [-0.1, -0.05) is 41.9 Å². The van der Waals surface area contributed by atoms with E-state index in [1.165, 1.54) is 0 Å². The third-order valence-electron chi connectivity index (χ3n) is 3.60. The van der Waals surface area contributed by atoms with Crippen LogP contribution >= 0.6 is 11.6 Å². The van der Waals surface area contributed by atoms with Gasteiger partial charge in [-0.25, -0.2) is 0 Å². The Bertz CT molecular complexity index is 775. The SMILES string of the molecule is Clc1cccc(CNc2ccc(OCCOc3ccccc3)cc2)c1. The molecule has 3 aromatic carbocycles. The van der Waals surface area contributed by atoms with E-state index in [1.54, 1.807) is 0 Å². The van der Waals surface area contributed by atoms with Crippen LogP contribution in [0.25, 0.3) is 0 Å². The number of para-hydroxylation sites is 1. The van der Waals surface area contributed by atoms with Gasteiger partial charge in [0.05, 0.1) is 0 Å². The number of rotatable bonds is 8. The molecule has 128 valence electrons. The van der Waals surface area contributed by atoms with Crippen LogP contribution in [0.1, 0.15) is 5.56 Å². The quantitative estimate of drug-likeness (QED) is 0.549. The Hall–Kier alpha value is -2.65. The molecule has 0 heterocycles. The average Bonchev–Trinajstić information content (AvgIpc) is 2.65. The summed E-state index contributed by atoms with van der Waals surface area (Å²) in [6.45, 7) is 1.74. The highest BCUT2D eigenvalue weighted by Crippen LogP contribution is 2.17. The number of hydrogen-bond donors (Lipinski definition) is 1. The van der Waals surface area contributed by atoms with Gasteiger partial charge in [0.25, 0.3) is 0 Å². The molecule has 0 bridgehead atoms. The molecule has 4 heteroatoms. The summed E-state index contributed by atoms with van der Waals surface area (Å²) in [5.41, 5.74) is 2.18. The average molecular weight is 354 g/mol. The lowest BCUT2D eigenvalue weighted by Gasteiger charge is -2.10. The second-order valence-electron chi connectivity index (χ2n) is 5.52. The molecule has 0 saturated carbocycles. The van der Waals surface area contributed by atoms with Gasteiger partial charge in [-0.2, -0.15) is 0 Å². The van der Waals surface area contributed by atoms with E-state index in [4.69, 9.17) is 21.1 Å². The zero-order chi connectivity index (χ0) is 17.3. The number of halogens is 1. The van der Waals surface area contributed by atoms with Crippen molar-refractivity contribution in [1.29, 1.82) is 0 Å². The van der Waals surface area contributed by atoms with Crippen molar-refractivity contribution >= 4 is 17.3 Å². The molecule has 3 nitrogen and oxygen atoms in total. The fourth-order valence-electron chi connectivity index (χ4n) is 2.36. The minimum Gasteiger partial charge on any atom is -0.490 e. The Morgan fingerprint density at radius 2 is 1.40 bits per heavy atom. The molecule has 0 amide bonds. The second-order valence-corrected chi connectivity index (χ2v) is 5.95. The third kappa shape index (κ3) is 5.73. The highest BCUT2D eigenvalue weighted by Gasteiger charge is 1.98. The topological polar surface area (TPSA) is 30.5 Å². The highest BCUT2D eigenvalue weighted by atomic mass is 35.5. The van der Waals surface area contributed by atoms with Crippen molar-refractivity contribution in [3.8, 4) is 11.5 Å². The summed E-state index contributed by atoms with van der Waals surface area (Å²) >= 11 is 5.99. The minimum absolute atomic E-state index is 0.504. The van der Waals surface area contributed by atoms with Crippen molar-refractivity contribution in [3.63, 3.8) is 0 Å². The van der Waals surface area contributed by atoms with E-state index in [9.17, 15) is 0 Å². The van der Waals surface area contributed by atoms with E-state index in [2.05, 4.69) is 5.32 Å². The first kappa shape index (κ1) is 17.2. The molecule has 3 aromatic rings. The maximum absolute atomic E-state index is 5.99. The number of benzene rings is 3. The maximum Gasteiger partial charge on any atom is 0.122 e. The van der Waals surface area contributed by atoms with Gasteiger partial charge in [-0.3, -0.25) is 0 Å². The first-order chi connectivity index (χ1) is 12.3. The van der Waals surface area contributed by atoms with Crippen LogP contribution in [0.3, 0.4) is 0 Å². The molecule has 0 aliphatic rings. The molecule has 0 atom stereocenters. The van der Waals surface area contributed by atoms with Gasteiger partial charge in [-0.05, 0) is 54.1 Å². The third-order valence-corrected chi connectivity index (χ3v) is 3.84. The fraction of sp³-hybridized carbons (Fsp3) is 0.143. The minimum atomic E-state index is 0.504. The Kier molecular flexibility index (Phi) is 6.18. The summed E-state index contributed by atoms with van der Waals surface area (Å²) in [5.74, 6) is 1.68. The van der Waals surface area contributed by atoms with Crippen molar-refractivity contribution in [2.24, 2.45) is 0 Å². The van der Waals surface area contributed by atoms with Crippen LogP contribution in [0, 0.1) is 0 Å². The molecule has 3 rings (SSSR count). The Morgan fingerprint density at radius 3 is 2.08 bits per heavy atom. The van der Waals surface area contributed by atoms with E-state index in [0.717, 1.165) is 34.3 Å². The Labute approximate surface area is 153 Å². The lowest BCUT2D eigenvalue weighted by molar-refractivity contribution is 0.217. The van der Waals surface area contributed by atoms with Gasteiger partial charge >= 0.3 is 0 Å². The van der Waals surface area contributed by atoms with E-state index in [1.807, 2.05) is 78.9 Å². The summed E-state index contributed by atoms with van der Waals surface area (Å²) < 4.78 is 11.3. The highest BCUT2D eigenvalue weighted by molar-refractivity contribution is 6.30. The zero-order valence-electron chi connectivity index (χ0n) is 13.8. The standard InChI is InChI=1S/C21H20ClNO2/c22-18-6-4-5-17(15-18)16-23-19-9-11-21(12-10-19)25-14-13-24-20-7-2-1-3-8-20/h1-12,15,23H,13-14,16H2. The van der Waals surface area contributed by atoms with Crippen LogP contribution in [0.5, 0.6) is 11.5 Å². The summed E-state index contributed by atoms with van der Waals surface area (Å²) in [5, 5.41) is 4.12. The van der Waals surface area contributed by atoms with Crippen LogP contribution in [0.4, 0.5) is 5.69 Å². The van der Waals surface area contributed by atoms with Crippen LogP contribution in [0.2, 0.25) is 5.02 Å². The Balaban J connectivity index is 1.41. The lowest BCUT2D eigenvalue weighted by Crippen LogP contribution is -2.08. The van der Waals surface area contributed by atoms with Crippen molar-refractivity contribution < 1.29 is 9.47 Å². The zero-order valence-corrected chi connectivity index (χ0v) is 14.6. The predicted molar refractivity (Wildman–Crippen MR) is 103 cm³/mol. The van der Waals surface area contributed by atoms with E-state index >= 15 is 0 Å². The first-order valence-corrected chi connectivity index (χ1v) is 8.56. The molecule has 0 aliphatic heterocycles. The largest absolute Gasteiger partial charge is 0.490 e. The molecule has 0 radical (unpaired) electrons. The smallest absolute Gasteiger partial charge is 0.122 e. The Morgan fingerprint density at radius 1 is 0.720 bits per heavy atom. The van der Waals surface area contributed by atoms with Crippen molar-refractivity contribution in [3.05, 3.63) is 89.4 Å². The molecule has 0 saturated heterocycles. The number of hydrogen-bond acceptors (Lipinski definition) is 3. The monoisotopic (exact) mass is 353 g/mol. The van der Waals surface area contributed by atoms with Crippen LogP contribution in [-0.4, -0.2) is 13.2 Å². The van der Waals surface area contributed by atoms with E-state index in [0.29, 0.717) is 13.2 Å². The molecule has 25 heavy (non-hydrogen) atoms. The molecular weight excluding hydrogens is 334 g/mol. The summed E-state index contributed by atoms with van der Waals surface area (Å²) in [6, 6.07) is 25.4. The molecule has 0 fully saturated rings. The summed E-state index contributed by atoms with van der Waals surface area (Å²) in [6.07, 6.45) is 0. The molecule has 0 spiro atoms. The number of anilines is 1. The lowest BCUT2D eigenvalue weighted by atomic mass is 10.2. The van der Waals surface area contributed by atoms with Crippen LogP contribution in [-0.2, 0) is 6.54 Å². The van der Waals surface area contributed by atoms with Gasteiger partial charge < -0.3 is 14.8 Å². The maximum atomic E-state index is 5.99. The number of nitrogens with one attached hydrogen (secondary N) is 1. The van der Waals surface area contributed by atoms with Gasteiger partial charge in [0, 0.05) is 17.3 Å². The molecule has 0 unspecified atom stereocenters. The molecule has 0 aromatic heterocycles. The second kappa shape index (κ2) is 9.00. The van der Waals surface area contributed by atoms with Crippen molar-refractivity contribution in [2.45, 2.75) is 6.54 Å². The van der Waals surface area contributed by atoms with E-state index < -0.39 is 0 Å². The summed E-state index contributed by atoms with van der Waals surface area (Å²) in [4.78, 5) is 0. The molecule has 1 N–H and O–H groups in total. The van der Waals surface area contributed by atoms with Gasteiger partial charge in [0.15, 0.2) is 0 Å². The van der Waals surface area contributed by atoms with Gasteiger partial charge in [0.1, 0.15) is 24.7 Å². The van der Waals surface area contributed by atoms with Gasteiger partial charge in [0.2, 0.25) is 0 Å². The van der Waals surface area contributed by atoms with Crippen LogP contribution < -0.4 is 14.8 Å². The molecular formula is C21H20ClNO2. The first-order valence-electron chi connectivity index (χ1n) is 8.19. The fourth-order valence-corrected chi connectivity index (χ4v) is 2.57. The van der Waals surface area contributed by atoms with Crippen molar-refractivity contribution in [1.82, 2.24) is 0 Å². The predicted octanol–water partition coefficient (Wildman–Crippen LogP) is 5.41. The normalized spacial score (nSPS) is 10.3. The number of ether oxygens (including phenoxy) is 2. The van der Waals surface area contributed by atoms with Crippen molar-refractivity contribution in [2.75, 3.05) is 18.5 Å². The van der Waals surface area contributed by atoms with Gasteiger partial charge in [-0.15, -0.1) is 0 Å².